The first kappa shape index (κ1) is 16.9. The maximum atomic E-state index is 9.09. The van der Waals surface area contributed by atoms with Gasteiger partial charge >= 0.3 is 0 Å². The molecule has 3 rings (SSSR count). The molecule has 4 nitrogen and oxygen atoms in total. The lowest BCUT2D eigenvalue weighted by atomic mass is 10.1. The molecule has 2 aliphatic heterocycles. The van der Waals surface area contributed by atoms with Crippen molar-refractivity contribution in [3.63, 3.8) is 0 Å². The molecule has 0 amide bonds. The van der Waals surface area contributed by atoms with E-state index in [1.807, 2.05) is 12.1 Å². The molecule has 0 spiro atoms. The number of piperidine rings is 1. The van der Waals surface area contributed by atoms with E-state index in [-0.39, 0.29) is 6.61 Å². The van der Waals surface area contributed by atoms with Crippen molar-refractivity contribution >= 4 is 0 Å². The Morgan fingerprint density at radius 3 is 2.22 bits per heavy atom. The largest absolute Gasteiger partial charge is 0.392 e. The van der Waals surface area contributed by atoms with Gasteiger partial charge in [-0.3, -0.25) is 4.90 Å². The minimum atomic E-state index is 0.125. The molecule has 0 unspecified atom stereocenters. The van der Waals surface area contributed by atoms with Crippen molar-refractivity contribution in [2.45, 2.75) is 44.9 Å². The first-order valence-corrected chi connectivity index (χ1v) is 9.08. The van der Waals surface area contributed by atoms with Gasteiger partial charge in [-0.1, -0.05) is 24.3 Å². The molecule has 2 saturated heterocycles. The van der Waals surface area contributed by atoms with E-state index in [4.69, 9.17) is 9.84 Å². The molecule has 4 heteroatoms. The SMILES string of the molecule is OCc1ccc(CN2CCC(OCCN3CCCC3)CC2)cc1. The van der Waals surface area contributed by atoms with Gasteiger partial charge in [-0.15, -0.1) is 0 Å². The van der Waals surface area contributed by atoms with Gasteiger partial charge in [0.1, 0.15) is 0 Å². The smallest absolute Gasteiger partial charge is 0.0681 e. The first-order valence-electron chi connectivity index (χ1n) is 9.08. The Labute approximate surface area is 140 Å². The number of aliphatic hydroxyl groups is 1. The Morgan fingerprint density at radius 2 is 1.57 bits per heavy atom. The molecule has 0 aromatic heterocycles. The van der Waals surface area contributed by atoms with Crippen LogP contribution in [-0.4, -0.2) is 60.3 Å². The Morgan fingerprint density at radius 1 is 0.913 bits per heavy atom. The molecule has 1 N–H and O–H groups in total. The molecule has 2 heterocycles. The van der Waals surface area contributed by atoms with Gasteiger partial charge < -0.3 is 14.7 Å². The minimum absolute atomic E-state index is 0.125. The molecular weight excluding hydrogens is 288 g/mol. The van der Waals surface area contributed by atoms with Crippen LogP contribution in [0.25, 0.3) is 0 Å². The van der Waals surface area contributed by atoms with Gasteiger partial charge in [0.25, 0.3) is 0 Å². The first-order chi connectivity index (χ1) is 11.3. The zero-order valence-electron chi connectivity index (χ0n) is 14.1. The molecule has 128 valence electrons. The van der Waals surface area contributed by atoms with Crippen LogP contribution in [0, 0.1) is 0 Å². The number of likely N-dealkylation sites (tertiary alicyclic amines) is 2. The lowest BCUT2D eigenvalue weighted by Crippen LogP contribution is -2.37. The summed E-state index contributed by atoms with van der Waals surface area (Å²) in [7, 11) is 0. The summed E-state index contributed by atoms with van der Waals surface area (Å²) in [6.07, 6.45) is 5.46. The van der Waals surface area contributed by atoms with Crippen LogP contribution >= 0.6 is 0 Å². The molecule has 0 radical (unpaired) electrons. The third-order valence-corrected chi connectivity index (χ3v) is 5.11. The van der Waals surface area contributed by atoms with E-state index in [2.05, 4.69) is 21.9 Å². The third kappa shape index (κ3) is 5.28. The fraction of sp³-hybridized carbons (Fsp3) is 0.684. The summed E-state index contributed by atoms with van der Waals surface area (Å²) >= 11 is 0. The van der Waals surface area contributed by atoms with Crippen molar-refractivity contribution in [2.75, 3.05) is 39.3 Å². The van der Waals surface area contributed by atoms with Gasteiger partial charge in [0.15, 0.2) is 0 Å². The molecule has 2 aliphatic rings. The van der Waals surface area contributed by atoms with Crippen LogP contribution in [0.2, 0.25) is 0 Å². The van der Waals surface area contributed by atoms with E-state index in [0.29, 0.717) is 6.10 Å². The average molecular weight is 318 g/mol. The maximum Gasteiger partial charge on any atom is 0.0681 e. The van der Waals surface area contributed by atoms with E-state index in [0.717, 1.165) is 51.2 Å². The molecule has 0 atom stereocenters. The molecule has 0 aliphatic carbocycles. The predicted octanol–water partition coefficient (Wildman–Crippen LogP) is 2.26. The minimum Gasteiger partial charge on any atom is -0.392 e. The number of aliphatic hydroxyl groups excluding tert-OH is 1. The summed E-state index contributed by atoms with van der Waals surface area (Å²) in [5, 5.41) is 9.09. The Bertz CT molecular complexity index is 449. The summed E-state index contributed by atoms with van der Waals surface area (Å²) in [4.78, 5) is 5.03. The summed E-state index contributed by atoms with van der Waals surface area (Å²) in [6, 6.07) is 8.29. The number of ether oxygens (including phenoxy) is 1. The standard InChI is InChI=1S/C19H30N2O2/c22-16-18-5-3-17(4-6-18)15-21-11-7-19(8-12-21)23-14-13-20-9-1-2-10-20/h3-6,19,22H,1-2,7-16H2. The summed E-state index contributed by atoms with van der Waals surface area (Å²) in [6.45, 7) is 7.90. The van der Waals surface area contributed by atoms with Gasteiger partial charge in [-0.2, -0.15) is 0 Å². The van der Waals surface area contributed by atoms with E-state index in [1.165, 1.54) is 31.5 Å². The number of hydrogen-bond acceptors (Lipinski definition) is 4. The van der Waals surface area contributed by atoms with Crippen LogP contribution in [0.4, 0.5) is 0 Å². The molecule has 2 fully saturated rings. The lowest BCUT2D eigenvalue weighted by Gasteiger charge is -2.32. The van der Waals surface area contributed by atoms with Crippen molar-refractivity contribution < 1.29 is 9.84 Å². The van der Waals surface area contributed by atoms with Crippen molar-refractivity contribution in [1.82, 2.24) is 9.80 Å². The van der Waals surface area contributed by atoms with Crippen LogP contribution in [0.3, 0.4) is 0 Å². The number of rotatable bonds is 7. The lowest BCUT2D eigenvalue weighted by molar-refractivity contribution is -0.00115. The zero-order valence-corrected chi connectivity index (χ0v) is 14.1. The Kier molecular flexibility index (Phi) is 6.46. The quantitative estimate of drug-likeness (QED) is 0.836. The Balaban J connectivity index is 1.33. The molecular formula is C19H30N2O2. The summed E-state index contributed by atoms with van der Waals surface area (Å²) in [5.74, 6) is 0. The van der Waals surface area contributed by atoms with Crippen molar-refractivity contribution in [1.29, 1.82) is 0 Å². The topological polar surface area (TPSA) is 35.9 Å². The second kappa shape index (κ2) is 8.78. The number of hydrogen-bond donors (Lipinski definition) is 1. The average Bonchev–Trinajstić information content (AvgIpc) is 3.11. The number of benzene rings is 1. The van der Waals surface area contributed by atoms with Crippen molar-refractivity contribution in [3.8, 4) is 0 Å². The van der Waals surface area contributed by atoms with Crippen LogP contribution in [-0.2, 0) is 17.9 Å². The second-order valence-corrected chi connectivity index (χ2v) is 6.87. The van der Waals surface area contributed by atoms with Crippen LogP contribution in [0.15, 0.2) is 24.3 Å². The normalized spacial score (nSPS) is 21.1. The van der Waals surface area contributed by atoms with Gasteiger partial charge in [0.2, 0.25) is 0 Å². The third-order valence-electron chi connectivity index (χ3n) is 5.11. The van der Waals surface area contributed by atoms with E-state index in [1.54, 1.807) is 0 Å². The molecule has 1 aromatic rings. The van der Waals surface area contributed by atoms with Crippen molar-refractivity contribution in [3.05, 3.63) is 35.4 Å². The van der Waals surface area contributed by atoms with Crippen LogP contribution in [0.5, 0.6) is 0 Å². The van der Waals surface area contributed by atoms with E-state index < -0.39 is 0 Å². The highest BCUT2D eigenvalue weighted by Gasteiger charge is 2.20. The second-order valence-electron chi connectivity index (χ2n) is 6.87. The highest BCUT2D eigenvalue weighted by molar-refractivity contribution is 5.21. The molecule has 0 bridgehead atoms. The fourth-order valence-corrected chi connectivity index (χ4v) is 3.60. The summed E-state index contributed by atoms with van der Waals surface area (Å²) in [5.41, 5.74) is 2.31. The highest BCUT2D eigenvalue weighted by Crippen LogP contribution is 2.17. The fourth-order valence-electron chi connectivity index (χ4n) is 3.60. The number of nitrogens with zero attached hydrogens (tertiary/aromatic N) is 2. The van der Waals surface area contributed by atoms with Crippen LogP contribution in [0.1, 0.15) is 36.8 Å². The van der Waals surface area contributed by atoms with Gasteiger partial charge in [-0.25, -0.2) is 0 Å². The Hall–Kier alpha value is -0.940. The van der Waals surface area contributed by atoms with E-state index in [9.17, 15) is 0 Å². The maximum absolute atomic E-state index is 9.09. The molecule has 0 saturated carbocycles. The van der Waals surface area contributed by atoms with E-state index >= 15 is 0 Å². The zero-order chi connectivity index (χ0) is 15.9. The van der Waals surface area contributed by atoms with Gasteiger partial charge in [0, 0.05) is 26.2 Å². The predicted molar refractivity (Wildman–Crippen MR) is 92.3 cm³/mol. The molecule has 23 heavy (non-hydrogen) atoms. The highest BCUT2D eigenvalue weighted by atomic mass is 16.5. The summed E-state index contributed by atoms with van der Waals surface area (Å²) < 4.78 is 6.08. The van der Waals surface area contributed by atoms with Gasteiger partial charge in [-0.05, 0) is 49.9 Å². The van der Waals surface area contributed by atoms with Crippen molar-refractivity contribution in [2.24, 2.45) is 0 Å². The van der Waals surface area contributed by atoms with Crippen LogP contribution < -0.4 is 0 Å². The van der Waals surface area contributed by atoms with Gasteiger partial charge in [0.05, 0.1) is 19.3 Å². The monoisotopic (exact) mass is 318 g/mol. The molecule has 1 aromatic carbocycles.